The van der Waals surface area contributed by atoms with Crippen LogP contribution < -0.4 is 5.32 Å². The minimum Gasteiger partial charge on any atom is -0.384 e. The number of amides is 1. The Morgan fingerprint density at radius 3 is 2.88 bits per heavy atom. The molecule has 1 N–H and O–H groups in total. The van der Waals surface area contributed by atoms with Crippen LogP contribution in [0.4, 0.5) is 5.69 Å². The minimum atomic E-state index is 0.0225. The second kappa shape index (κ2) is 4.61. The maximum absolute atomic E-state index is 12.4. The van der Waals surface area contributed by atoms with E-state index in [1.807, 2.05) is 28.8 Å². The van der Waals surface area contributed by atoms with Crippen molar-refractivity contribution in [3.05, 3.63) is 29.8 Å². The third-order valence-corrected chi connectivity index (χ3v) is 4.40. The fraction of sp³-hybridized carbons (Fsp3) is 0.462. The molecule has 1 fully saturated rings. The minimum absolute atomic E-state index is 0.0225. The van der Waals surface area contributed by atoms with E-state index in [1.165, 1.54) is 0 Å². The molecule has 3 rings (SSSR count). The molecule has 0 bridgehead atoms. The van der Waals surface area contributed by atoms with Crippen molar-refractivity contribution in [2.75, 3.05) is 36.5 Å². The highest BCUT2D eigenvalue weighted by molar-refractivity contribution is 7.99. The van der Waals surface area contributed by atoms with Gasteiger partial charge in [0.25, 0.3) is 0 Å². The van der Waals surface area contributed by atoms with E-state index in [2.05, 4.69) is 17.4 Å². The Bertz CT molecular complexity index is 429. The molecule has 4 heteroatoms. The lowest BCUT2D eigenvalue weighted by Crippen LogP contribution is -2.41. The molecule has 0 aromatic heterocycles. The number of thioether (sulfide) groups is 1. The summed E-state index contributed by atoms with van der Waals surface area (Å²) in [7, 11) is 0. The highest BCUT2D eigenvalue weighted by Gasteiger charge is 2.31. The number of nitrogens with one attached hydrogen (secondary N) is 1. The van der Waals surface area contributed by atoms with Crippen LogP contribution in [0.1, 0.15) is 11.5 Å². The maximum Gasteiger partial charge on any atom is 0.232 e. The van der Waals surface area contributed by atoms with Gasteiger partial charge in [-0.2, -0.15) is 11.8 Å². The topological polar surface area (TPSA) is 32.3 Å². The second-order valence-electron chi connectivity index (χ2n) is 4.46. The Balaban J connectivity index is 1.79. The third kappa shape index (κ3) is 2.02. The summed E-state index contributed by atoms with van der Waals surface area (Å²) >= 11 is 1.93. The number of rotatable bonds is 1. The van der Waals surface area contributed by atoms with Gasteiger partial charge in [0.1, 0.15) is 0 Å². The Labute approximate surface area is 106 Å². The molecule has 1 amide bonds. The van der Waals surface area contributed by atoms with Crippen LogP contribution in [0.2, 0.25) is 0 Å². The van der Waals surface area contributed by atoms with Crippen LogP contribution in [0.3, 0.4) is 0 Å². The van der Waals surface area contributed by atoms with Crippen LogP contribution in [0.15, 0.2) is 24.3 Å². The molecule has 0 saturated carbocycles. The highest BCUT2D eigenvalue weighted by Crippen LogP contribution is 2.32. The smallest absolute Gasteiger partial charge is 0.232 e. The summed E-state index contributed by atoms with van der Waals surface area (Å²) in [6.07, 6.45) is 0. The van der Waals surface area contributed by atoms with Crippen molar-refractivity contribution in [3.63, 3.8) is 0 Å². The van der Waals surface area contributed by atoms with Crippen molar-refractivity contribution in [2.24, 2.45) is 0 Å². The first-order valence-corrected chi connectivity index (χ1v) is 7.21. The van der Waals surface area contributed by atoms with Gasteiger partial charge in [-0.05, 0) is 11.6 Å². The van der Waals surface area contributed by atoms with Gasteiger partial charge < -0.3 is 10.2 Å². The predicted molar refractivity (Wildman–Crippen MR) is 71.6 cm³/mol. The van der Waals surface area contributed by atoms with Crippen LogP contribution in [0, 0.1) is 0 Å². The van der Waals surface area contributed by atoms with Crippen molar-refractivity contribution in [2.45, 2.75) is 5.92 Å². The third-order valence-electron chi connectivity index (χ3n) is 3.45. The lowest BCUT2D eigenvalue weighted by Gasteiger charge is -2.28. The van der Waals surface area contributed by atoms with Gasteiger partial charge in [0.15, 0.2) is 0 Å². The standard InChI is InChI=1S/C13H16N2OS/c16-13(15-5-7-17-8-6-15)11-9-14-12-4-2-1-3-10(11)12/h1-4,11,14H,5-9H2. The zero-order valence-corrected chi connectivity index (χ0v) is 10.5. The number of fused-ring (bicyclic) bond motifs is 1. The highest BCUT2D eigenvalue weighted by atomic mass is 32.2. The molecule has 2 aliphatic heterocycles. The van der Waals surface area contributed by atoms with E-state index < -0.39 is 0 Å². The fourth-order valence-electron chi connectivity index (χ4n) is 2.51. The van der Waals surface area contributed by atoms with Crippen LogP contribution in [0.25, 0.3) is 0 Å². The first kappa shape index (κ1) is 11.0. The zero-order valence-electron chi connectivity index (χ0n) is 9.69. The second-order valence-corrected chi connectivity index (χ2v) is 5.68. The van der Waals surface area contributed by atoms with Gasteiger partial charge in [0.05, 0.1) is 5.92 Å². The molecule has 17 heavy (non-hydrogen) atoms. The van der Waals surface area contributed by atoms with Gasteiger partial charge in [-0.25, -0.2) is 0 Å². The first-order chi connectivity index (χ1) is 8.36. The number of hydrogen-bond donors (Lipinski definition) is 1. The molecular weight excluding hydrogens is 232 g/mol. The molecule has 3 nitrogen and oxygen atoms in total. The van der Waals surface area contributed by atoms with E-state index in [1.54, 1.807) is 0 Å². The first-order valence-electron chi connectivity index (χ1n) is 6.05. The Morgan fingerprint density at radius 1 is 1.29 bits per heavy atom. The molecule has 1 unspecified atom stereocenters. The van der Waals surface area contributed by atoms with E-state index in [0.717, 1.165) is 42.4 Å². The summed E-state index contributed by atoms with van der Waals surface area (Å²) in [6.45, 7) is 2.56. The monoisotopic (exact) mass is 248 g/mol. The number of nitrogens with zero attached hydrogens (tertiary/aromatic N) is 1. The average molecular weight is 248 g/mol. The summed E-state index contributed by atoms with van der Waals surface area (Å²) in [4.78, 5) is 14.5. The van der Waals surface area contributed by atoms with Gasteiger partial charge in [-0.15, -0.1) is 0 Å². The normalized spacial score (nSPS) is 23.1. The molecule has 0 aliphatic carbocycles. The number of carbonyl (C=O) groups excluding carboxylic acids is 1. The summed E-state index contributed by atoms with van der Waals surface area (Å²) in [5, 5.41) is 3.32. The van der Waals surface area contributed by atoms with E-state index in [4.69, 9.17) is 0 Å². The largest absolute Gasteiger partial charge is 0.384 e. The molecule has 1 aromatic carbocycles. The number of hydrogen-bond acceptors (Lipinski definition) is 3. The number of para-hydroxylation sites is 1. The number of benzene rings is 1. The summed E-state index contributed by atoms with van der Waals surface area (Å²) in [5.74, 6) is 2.47. The molecule has 1 aromatic rings. The van der Waals surface area contributed by atoms with Crippen LogP contribution >= 0.6 is 11.8 Å². The average Bonchev–Trinajstić information content (AvgIpc) is 2.83. The Hall–Kier alpha value is -1.16. The molecule has 90 valence electrons. The van der Waals surface area contributed by atoms with Gasteiger partial charge in [-0.3, -0.25) is 4.79 Å². The van der Waals surface area contributed by atoms with Gasteiger partial charge >= 0.3 is 0 Å². The number of anilines is 1. The molecule has 0 radical (unpaired) electrons. The van der Waals surface area contributed by atoms with Crippen molar-refractivity contribution in [1.82, 2.24) is 4.90 Å². The molecule has 2 heterocycles. The van der Waals surface area contributed by atoms with Crippen molar-refractivity contribution in [1.29, 1.82) is 0 Å². The zero-order chi connectivity index (χ0) is 11.7. The molecule has 1 atom stereocenters. The number of carbonyl (C=O) groups is 1. The van der Waals surface area contributed by atoms with E-state index in [0.29, 0.717) is 5.91 Å². The fourth-order valence-corrected chi connectivity index (χ4v) is 3.41. The maximum atomic E-state index is 12.4. The van der Waals surface area contributed by atoms with Crippen molar-refractivity contribution < 1.29 is 4.79 Å². The van der Waals surface area contributed by atoms with Crippen LogP contribution in [0.5, 0.6) is 0 Å². The van der Waals surface area contributed by atoms with Crippen molar-refractivity contribution >= 4 is 23.4 Å². The van der Waals surface area contributed by atoms with E-state index >= 15 is 0 Å². The molecule has 0 spiro atoms. The summed E-state index contributed by atoms with van der Waals surface area (Å²) in [5.41, 5.74) is 2.29. The van der Waals surface area contributed by atoms with E-state index in [-0.39, 0.29) is 5.92 Å². The summed E-state index contributed by atoms with van der Waals surface area (Å²) < 4.78 is 0. The molecular formula is C13H16N2OS. The Morgan fingerprint density at radius 2 is 2.06 bits per heavy atom. The van der Waals surface area contributed by atoms with Crippen LogP contribution in [-0.2, 0) is 4.79 Å². The van der Waals surface area contributed by atoms with E-state index in [9.17, 15) is 4.79 Å². The predicted octanol–water partition coefficient (Wildman–Crippen LogP) is 1.77. The lowest BCUT2D eigenvalue weighted by molar-refractivity contribution is -0.132. The SMILES string of the molecule is O=C(C1CNc2ccccc21)N1CCSCC1. The van der Waals surface area contributed by atoms with Crippen LogP contribution in [-0.4, -0.2) is 41.9 Å². The van der Waals surface area contributed by atoms with Gasteiger partial charge in [0.2, 0.25) is 5.91 Å². The summed E-state index contributed by atoms with van der Waals surface area (Å²) in [6, 6.07) is 8.14. The van der Waals surface area contributed by atoms with Gasteiger partial charge in [0, 0.05) is 36.8 Å². The molecule has 1 saturated heterocycles. The van der Waals surface area contributed by atoms with Crippen molar-refractivity contribution in [3.8, 4) is 0 Å². The van der Waals surface area contributed by atoms with Gasteiger partial charge in [-0.1, -0.05) is 18.2 Å². The lowest BCUT2D eigenvalue weighted by atomic mass is 10.00. The quantitative estimate of drug-likeness (QED) is 0.822. The molecule has 2 aliphatic rings. The Kier molecular flexibility index (Phi) is 2.97.